The smallest absolute Gasteiger partial charge is 0.346 e. The Morgan fingerprint density at radius 1 is 0.455 bits per heavy atom. The van der Waals surface area contributed by atoms with E-state index in [2.05, 4.69) is 8.83 Å². The highest BCUT2D eigenvalue weighted by atomic mass is 16.4. The molecule has 0 N–H and O–H groups in total. The Morgan fingerprint density at radius 3 is 0.909 bits per heavy atom. The lowest BCUT2D eigenvalue weighted by molar-refractivity contribution is 0.499. The summed E-state index contributed by atoms with van der Waals surface area (Å²) in [6, 6.07) is 11.5. The van der Waals surface area contributed by atoms with E-state index in [0.717, 1.165) is 0 Å². The Bertz CT molecular complexity index is 973. The van der Waals surface area contributed by atoms with Crippen LogP contribution < -0.4 is 22.5 Å². The zero-order valence-electron chi connectivity index (χ0n) is 11.1. The van der Waals surface area contributed by atoms with Crippen LogP contribution in [0.4, 0.5) is 0 Å². The Hall–Kier alpha value is -3.28. The van der Waals surface area contributed by atoms with E-state index in [4.69, 9.17) is 0 Å². The van der Waals surface area contributed by atoms with E-state index < -0.39 is 22.5 Å². The predicted molar refractivity (Wildman–Crippen MR) is 79.9 cm³/mol. The largest absolute Gasteiger partial charge is 0.386 e. The SMILES string of the molecule is O=c1oc(=O)c2ccccc3c(=O)oc(=O)c3ccccc12. The van der Waals surface area contributed by atoms with Gasteiger partial charge in [0.1, 0.15) is 0 Å². The molecule has 2 heterocycles. The highest BCUT2D eigenvalue weighted by molar-refractivity contribution is 5.81. The second-order valence-corrected chi connectivity index (χ2v) is 4.45. The molecule has 0 aliphatic carbocycles. The summed E-state index contributed by atoms with van der Waals surface area (Å²) in [4.78, 5) is 46.2. The van der Waals surface area contributed by atoms with E-state index in [1.165, 1.54) is 48.5 Å². The molecule has 0 aliphatic rings. The van der Waals surface area contributed by atoms with Gasteiger partial charge in [-0.15, -0.1) is 0 Å². The maximum absolute atomic E-state index is 11.6. The second-order valence-electron chi connectivity index (χ2n) is 4.45. The molecular formula is C16H8O6. The zero-order chi connectivity index (χ0) is 15.7. The van der Waals surface area contributed by atoms with Gasteiger partial charge in [-0.3, -0.25) is 0 Å². The first-order valence-corrected chi connectivity index (χ1v) is 6.29. The van der Waals surface area contributed by atoms with E-state index in [0.29, 0.717) is 0 Å². The van der Waals surface area contributed by atoms with E-state index in [1.54, 1.807) is 0 Å². The summed E-state index contributed by atoms with van der Waals surface area (Å²) >= 11 is 0. The molecule has 3 rings (SSSR count). The minimum Gasteiger partial charge on any atom is -0.386 e. The average Bonchev–Trinajstić information content (AvgIpc) is 2.86. The molecule has 0 saturated heterocycles. The molecule has 0 saturated carbocycles. The fraction of sp³-hybridized carbons (Fsp3) is 0. The van der Waals surface area contributed by atoms with Gasteiger partial charge in [-0.2, -0.15) is 0 Å². The van der Waals surface area contributed by atoms with Gasteiger partial charge in [0.2, 0.25) is 0 Å². The molecule has 0 aliphatic heterocycles. The zero-order valence-corrected chi connectivity index (χ0v) is 11.1. The first kappa shape index (κ1) is 13.7. The van der Waals surface area contributed by atoms with E-state index in [-0.39, 0.29) is 21.5 Å². The summed E-state index contributed by atoms with van der Waals surface area (Å²) in [5.74, 6) is 0. The minimum atomic E-state index is -0.731. The minimum absolute atomic E-state index is 0.124. The maximum atomic E-state index is 11.6. The van der Waals surface area contributed by atoms with Crippen LogP contribution in [0.3, 0.4) is 0 Å². The van der Waals surface area contributed by atoms with E-state index in [1.807, 2.05) is 0 Å². The van der Waals surface area contributed by atoms with Gasteiger partial charge in [0.15, 0.2) is 0 Å². The summed E-state index contributed by atoms with van der Waals surface area (Å²) in [6.07, 6.45) is 0. The van der Waals surface area contributed by atoms with Crippen LogP contribution in [-0.4, -0.2) is 0 Å². The van der Waals surface area contributed by atoms with Gasteiger partial charge in [0.25, 0.3) is 0 Å². The average molecular weight is 296 g/mol. The molecule has 0 spiro atoms. The number of furan rings is 2. The van der Waals surface area contributed by atoms with Crippen molar-refractivity contribution in [2.24, 2.45) is 0 Å². The maximum Gasteiger partial charge on any atom is 0.346 e. The molecule has 0 radical (unpaired) electrons. The van der Waals surface area contributed by atoms with Gasteiger partial charge >= 0.3 is 22.5 Å². The number of hydrogen-bond acceptors (Lipinski definition) is 6. The fourth-order valence-electron chi connectivity index (χ4n) is 2.07. The quantitative estimate of drug-likeness (QED) is 0.618. The third kappa shape index (κ3) is 2.26. The molecule has 0 fully saturated rings. The molecule has 0 amide bonds. The number of rotatable bonds is 0. The monoisotopic (exact) mass is 296 g/mol. The Balaban J connectivity index is 2.49. The topological polar surface area (TPSA) is 94.6 Å². The molecule has 6 heteroatoms. The Morgan fingerprint density at radius 2 is 0.682 bits per heavy atom. The van der Waals surface area contributed by atoms with Gasteiger partial charge in [0, 0.05) is 0 Å². The van der Waals surface area contributed by atoms with Crippen molar-refractivity contribution >= 4 is 21.5 Å². The molecule has 0 bridgehead atoms. The molecule has 6 nitrogen and oxygen atoms in total. The van der Waals surface area contributed by atoms with Crippen molar-refractivity contribution in [2.75, 3.05) is 0 Å². The third-order valence-electron chi connectivity index (χ3n) is 3.10. The lowest BCUT2D eigenvalue weighted by Crippen LogP contribution is -1.94. The van der Waals surface area contributed by atoms with Gasteiger partial charge in [-0.1, -0.05) is 24.3 Å². The van der Waals surface area contributed by atoms with Crippen LogP contribution in [0, 0.1) is 0 Å². The van der Waals surface area contributed by atoms with Crippen molar-refractivity contribution in [3.63, 3.8) is 0 Å². The number of fused-ring (bicyclic) bond motifs is 2. The van der Waals surface area contributed by atoms with Crippen LogP contribution in [0.25, 0.3) is 21.5 Å². The lowest BCUT2D eigenvalue weighted by Gasteiger charge is -1.78. The molecule has 2 aromatic heterocycles. The Labute approximate surface area is 121 Å². The van der Waals surface area contributed by atoms with Crippen LogP contribution in [0.5, 0.6) is 0 Å². The van der Waals surface area contributed by atoms with Gasteiger partial charge in [-0.25, -0.2) is 19.2 Å². The normalized spacial score (nSPS) is 10.5. The summed E-state index contributed by atoms with van der Waals surface area (Å²) < 4.78 is 9.06. The van der Waals surface area contributed by atoms with Crippen LogP contribution in [-0.2, 0) is 0 Å². The molecule has 0 atom stereocenters. The van der Waals surface area contributed by atoms with Crippen molar-refractivity contribution < 1.29 is 8.83 Å². The standard InChI is InChI=1S/C16H8O6/c17-13-9-5-1-2-6-10-12(16(20)22-14(10)18)8-4-3-7-11(9)15(19)21-13/h1-8H. The summed E-state index contributed by atoms with van der Waals surface area (Å²) in [7, 11) is 0. The first-order valence-electron chi connectivity index (χ1n) is 6.29. The van der Waals surface area contributed by atoms with Crippen molar-refractivity contribution in [1.29, 1.82) is 0 Å². The van der Waals surface area contributed by atoms with Gasteiger partial charge in [-0.05, 0) is 24.3 Å². The van der Waals surface area contributed by atoms with Crippen LogP contribution in [0.2, 0.25) is 0 Å². The molecule has 108 valence electrons. The second kappa shape index (κ2) is 5.25. The van der Waals surface area contributed by atoms with Gasteiger partial charge in [0.05, 0.1) is 21.5 Å². The predicted octanol–water partition coefficient (Wildman–Crippen LogP) is 1.18. The summed E-state index contributed by atoms with van der Waals surface area (Å²) in [5, 5.41) is 0.497. The van der Waals surface area contributed by atoms with Crippen LogP contribution >= 0.6 is 0 Å². The van der Waals surface area contributed by atoms with Crippen molar-refractivity contribution in [3.8, 4) is 0 Å². The number of hydrogen-bond donors (Lipinski definition) is 0. The molecular weight excluding hydrogens is 288 g/mol. The molecule has 3 aromatic rings. The molecule has 22 heavy (non-hydrogen) atoms. The summed E-state index contributed by atoms with van der Waals surface area (Å²) in [5.41, 5.74) is -2.92. The van der Waals surface area contributed by atoms with Crippen molar-refractivity contribution in [3.05, 3.63) is 90.2 Å². The highest BCUT2D eigenvalue weighted by Crippen LogP contribution is 2.03. The van der Waals surface area contributed by atoms with Gasteiger partial charge < -0.3 is 8.83 Å². The Kier molecular flexibility index (Phi) is 3.27. The van der Waals surface area contributed by atoms with Crippen LogP contribution in [0.1, 0.15) is 0 Å². The van der Waals surface area contributed by atoms with Crippen molar-refractivity contribution in [2.45, 2.75) is 0 Å². The molecule has 0 unspecified atom stereocenters. The van der Waals surface area contributed by atoms with E-state index >= 15 is 0 Å². The van der Waals surface area contributed by atoms with Crippen molar-refractivity contribution in [1.82, 2.24) is 0 Å². The van der Waals surface area contributed by atoms with Crippen LogP contribution in [0.15, 0.2) is 76.5 Å². The fourth-order valence-corrected chi connectivity index (χ4v) is 2.07. The van der Waals surface area contributed by atoms with E-state index in [9.17, 15) is 19.2 Å². The molecule has 1 aromatic carbocycles. The lowest BCUT2D eigenvalue weighted by atomic mass is 10.2. The first-order chi connectivity index (χ1) is 10.6. The summed E-state index contributed by atoms with van der Waals surface area (Å²) in [6.45, 7) is 0. The highest BCUT2D eigenvalue weighted by Gasteiger charge is 2.05. The third-order valence-corrected chi connectivity index (χ3v) is 3.10.